The maximum atomic E-state index is 13.2. The fourth-order valence-electron chi connectivity index (χ4n) is 4.23. The van der Waals surface area contributed by atoms with E-state index in [1.807, 2.05) is 6.92 Å². The third-order valence-electron chi connectivity index (χ3n) is 6.02. The lowest BCUT2D eigenvalue weighted by molar-refractivity contribution is 0.0950. The lowest BCUT2D eigenvalue weighted by Crippen LogP contribution is -2.34. The van der Waals surface area contributed by atoms with Crippen molar-refractivity contribution in [2.75, 3.05) is 37.7 Å². The van der Waals surface area contributed by atoms with Crippen molar-refractivity contribution >= 4 is 26.8 Å². The Morgan fingerprint density at radius 3 is 2.75 bits per heavy atom. The first-order chi connectivity index (χ1) is 15.3. The molecule has 0 bridgehead atoms. The quantitative estimate of drug-likeness (QED) is 0.551. The number of aromatic nitrogens is 3. The molecule has 4 heterocycles. The van der Waals surface area contributed by atoms with Crippen molar-refractivity contribution in [3.05, 3.63) is 35.7 Å². The number of pyridine rings is 1. The van der Waals surface area contributed by atoms with Gasteiger partial charge >= 0.3 is 0 Å². The summed E-state index contributed by atoms with van der Waals surface area (Å²) in [4.78, 5) is 20.2. The minimum atomic E-state index is -3.10. The normalized spacial score (nSPS) is 17.9. The van der Waals surface area contributed by atoms with Gasteiger partial charge in [-0.05, 0) is 44.6 Å². The van der Waals surface area contributed by atoms with Gasteiger partial charge in [0.05, 0.1) is 40.5 Å². The van der Waals surface area contributed by atoms with Crippen molar-refractivity contribution < 1.29 is 17.6 Å². The molecule has 1 aliphatic rings. The molecule has 172 valence electrons. The topological polar surface area (TPSA) is 110 Å². The van der Waals surface area contributed by atoms with Gasteiger partial charge < -0.3 is 14.6 Å². The summed E-state index contributed by atoms with van der Waals surface area (Å²) >= 11 is 0. The van der Waals surface area contributed by atoms with E-state index in [1.54, 1.807) is 29.1 Å². The predicted molar refractivity (Wildman–Crippen MR) is 122 cm³/mol. The predicted octanol–water partition coefficient (Wildman–Crippen LogP) is 2.43. The first-order valence-electron chi connectivity index (χ1n) is 11.0. The molecular formula is C22H29N5O4S. The van der Waals surface area contributed by atoms with Gasteiger partial charge in [0.15, 0.2) is 21.2 Å². The Labute approximate surface area is 187 Å². The minimum absolute atomic E-state index is 0.0290. The molecule has 0 aliphatic carbocycles. The van der Waals surface area contributed by atoms with Crippen LogP contribution in [-0.2, 0) is 9.84 Å². The van der Waals surface area contributed by atoms with Gasteiger partial charge in [-0.25, -0.2) is 18.1 Å². The number of carbonyl (C=O) groups is 1. The fraction of sp³-hybridized carbons (Fsp3) is 0.500. The minimum Gasteiger partial charge on any atom is -0.463 e. The van der Waals surface area contributed by atoms with Crippen LogP contribution in [0, 0.1) is 6.92 Å². The number of fused-ring (bicyclic) bond motifs is 1. The van der Waals surface area contributed by atoms with E-state index in [2.05, 4.69) is 29.2 Å². The third-order valence-corrected chi connectivity index (χ3v) is 7.77. The van der Waals surface area contributed by atoms with Gasteiger partial charge in [-0.15, -0.1) is 0 Å². The number of furan rings is 1. The first-order valence-corrected chi connectivity index (χ1v) is 12.8. The molecule has 0 spiro atoms. The van der Waals surface area contributed by atoms with Gasteiger partial charge in [0.1, 0.15) is 5.69 Å². The molecule has 0 radical (unpaired) electrons. The van der Waals surface area contributed by atoms with Gasteiger partial charge in [0.2, 0.25) is 0 Å². The second kappa shape index (κ2) is 9.03. The van der Waals surface area contributed by atoms with Crippen LogP contribution in [0.15, 0.2) is 28.9 Å². The molecule has 0 aromatic carbocycles. The molecule has 4 rings (SSSR count). The second-order valence-corrected chi connectivity index (χ2v) is 10.3. The number of hydrogen-bond donors (Lipinski definition) is 1. The molecule has 3 aromatic rings. The summed E-state index contributed by atoms with van der Waals surface area (Å²) in [7, 11) is -3.10. The standard InChI is InChI=1S/C22H29N5O4S/c1-4-26(5-2)10-9-23-22(28)17-13-18(19-7-6-11-31-19)24-21-20(17)15(3)25-27(21)16-8-12-32(29,30)14-16/h6-7,11,13,16H,4-5,8-10,12,14H2,1-3H3,(H,23,28). The zero-order valence-electron chi connectivity index (χ0n) is 18.7. The van der Waals surface area contributed by atoms with Gasteiger partial charge in [-0.2, -0.15) is 5.10 Å². The average molecular weight is 460 g/mol. The molecule has 1 aliphatic heterocycles. The van der Waals surface area contributed by atoms with E-state index < -0.39 is 9.84 Å². The summed E-state index contributed by atoms with van der Waals surface area (Å²) in [6.45, 7) is 9.13. The molecule has 1 N–H and O–H groups in total. The Morgan fingerprint density at radius 1 is 1.34 bits per heavy atom. The molecule has 32 heavy (non-hydrogen) atoms. The van der Waals surface area contributed by atoms with E-state index in [4.69, 9.17) is 9.40 Å². The average Bonchev–Trinajstić information content (AvgIpc) is 3.50. The molecular weight excluding hydrogens is 430 g/mol. The van der Waals surface area contributed by atoms with E-state index in [-0.39, 0.29) is 23.5 Å². The van der Waals surface area contributed by atoms with Crippen LogP contribution in [0.25, 0.3) is 22.5 Å². The molecule has 1 amide bonds. The summed E-state index contributed by atoms with van der Waals surface area (Å²) in [6.07, 6.45) is 2.04. The van der Waals surface area contributed by atoms with E-state index in [0.717, 1.165) is 19.6 Å². The number of carbonyl (C=O) groups excluding carboxylic acids is 1. The van der Waals surface area contributed by atoms with Crippen LogP contribution >= 0.6 is 0 Å². The Morgan fingerprint density at radius 2 is 2.12 bits per heavy atom. The van der Waals surface area contributed by atoms with Crippen LogP contribution in [0.1, 0.15) is 42.4 Å². The van der Waals surface area contributed by atoms with E-state index in [9.17, 15) is 13.2 Å². The van der Waals surface area contributed by atoms with E-state index in [1.165, 1.54) is 0 Å². The van der Waals surface area contributed by atoms with Crippen molar-refractivity contribution in [3.8, 4) is 11.5 Å². The van der Waals surface area contributed by atoms with Crippen LogP contribution < -0.4 is 5.32 Å². The molecule has 3 aromatic heterocycles. The number of aryl methyl sites for hydroxylation is 1. The summed E-state index contributed by atoms with van der Waals surface area (Å²) in [6, 6.07) is 4.97. The van der Waals surface area contributed by atoms with Gasteiger partial charge in [0.25, 0.3) is 5.91 Å². The summed E-state index contributed by atoms with van der Waals surface area (Å²) in [5.41, 5.74) is 2.13. The van der Waals surface area contributed by atoms with Crippen LogP contribution in [0.4, 0.5) is 0 Å². The molecule has 1 fully saturated rings. The molecule has 1 saturated heterocycles. The summed E-state index contributed by atoms with van der Waals surface area (Å²) in [5, 5.41) is 8.26. The highest BCUT2D eigenvalue weighted by atomic mass is 32.2. The fourth-order valence-corrected chi connectivity index (χ4v) is 5.92. The Bertz CT molecular complexity index is 1210. The van der Waals surface area contributed by atoms with E-state index >= 15 is 0 Å². The summed E-state index contributed by atoms with van der Waals surface area (Å²) in [5.74, 6) is 0.489. The highest BCUT2D eigenvalue weighted by Gasteiger charge is 2.32. The van der Waals surface area contributed by atoms with Crippen molar-refractivity contribution in [2.45, 2.75) is 33.2 Å². The molecule has 0 saturated carbocycles. The molecule has 9 nitrogen and oxygen atoms in total. The smallest absolute Gasteiger partial charge is 0.252 e. The number of hydrogen-bond acceptors (Lipinski definition) is 7. The monoisotopic (exact) mass is 459 g/mol. The lowest BCUT2D eigenvalue weighted by Gasteiger charge is -2.18. The van der Waals surface area contributed by atoms with Crippen LogP contribution in [0.5, 0.6) is 0 Å². The zero-order valence-corrected chi connectivity index (χ0v) is 19.5. The highest BCUT2D eigenvalue weighted by Crippen LogP contribution is 2.32. The maximum Gasteiger partial charge on any atom is 0.252 e. The van der Waals surface area contributed by atoms with Gasteiger partial charge in [0, 0.05) is 13.1 Å². The van der Waals surface area contributed by atoms with Crippen LogP contribution in [-0.4, -0.2) is 71.7 Å². The largest absolute Gasteiger partial charge is 0.463 e. The Hall–Kier alpha value is -2.72. The molecule has 1 unspecified atom stereocenters. The highest BCUT2D eigenvalue weighted by molar-refractivity contribution is 7.91. The number of nitrogens with one attached hydrogen (secondary N) is 1. The maximum absolute atomic E-state index is 13.2. The van der Waals surface area contributed by atoms with Crippen LogP contribution in [0.3, 0.4) is 0 Å². The van der Waals surface area contributed by atoms with Crippen molar-refractivity contribution in [3.63, 3.8) is 0 Å². The lowest BCUT2D eigenvalue weighted by atomic mass is 10.1. The molecule has 1 atom stereocenters. The number of sulfone groups is 1. The van der Waals surface area contributed by atoms with Crippen molar-refractivity contribution in [1.82, 2.24) is 25.0 Å². The molecule has 10 heteroatoms. The SMILES string of the molecule is CCN(CC)CCNC(=O)c1cc(-c2ccco2)nc2c1c(C)nn2C1CCS(=O)(=O)C1. The van der Waals surface area contributed by atoms with Gasteiger partial charge in [-0.1, -0.05) is 13.8 Å². The van der Waals surface area contributed by atoms with Crippen molar-refractivity contribution in [1.29, 1.82) is 0 Å². The number of amides is 1. The first kappa shape index (κ1) is 22.5. The number of rotatable bonds is 8. The summed E-state index contributed by atoms with van der Waals surface area (Å²) < 4.78 is 31.3. The Kier molecular flexibility index (Phi) is 6.34. The zero-order chi connectivity index (χ0) is 22.9. The van der Waals surface area contributed by atoms with E-state index in [0.29, 0.717) is 46.7 Å². The Balaban J connectivity index is 1.75. The van der Waals surface area contributed by atoms with Crippen molar-refractivity contribution in [2.24, 2.45) is 0 Å². The second-order valence-electron chi connectivity index (χ2n) is 8.10. The van der Waals surface area contributed by atoms with Gasteiger partial charge in [-0.3, -0.25) is 4.79 Å². The number of likely N-dealkylation sites (N-methyl/N-ethyl adjacent to an activating group) is 1. The van der Waals surface area contributed by atoms with Crippen LogP contribution in [0.2, 0.25) is 0 Å². The third kappa shape index (κ3) is 4.42. The number of nitrogens with zero attached hydrogens (tertiary/aromatic N) is 4.